The number of ether oxygens (including phenoxy) is 3. The fraction of sp³-hybridized carbons (Fsp3) is 1.00. The van der Waals surface area contributed by atoms with Gasteiger partial charge in [-0.2, -0.15) is 0 Å². The van der Waals surface area contributed by atoms with Gasteiger partial charge in [-0.1, -0.05) is 0 Å². The zero-order valence-electron chi connectivity index (χ0n) is 16.0. The highest BCUT2D eigenvalue weighted by Crippen LogP contribution is 2.31. The van der Waals surface area contributed by atoms with E-state index in [4.69, 9.17) is 14.2 Å². The summed E-state index contributed by atoms with van der Waals surface area (Å²) in [4.78, 5) is 1.88. The van der Waals surface area contributed by atoms with Crippen LogP contribution in [-0.2, 0) is 14.2 Å². The van der Waals surface area contributed by atoms with Crippen molar-refractivity contribution in [1.82, 2.24) is 4.90 Å². The summed E-state index contributed by atoms with van der Waals surface area (Å²) >= 11 is 0. The van der Waals surface area contributed by atoms with Crippen molar-refractivity contribution in [2.75, 3.05) is 32.8 Å². The number of likely N-dealkylation sites (tertiary alicyclic amines) is 1. The Morgan fingerprint density at radius 1 is 1.08 bits per heavy atom. The van der Waals surface area contributed by atoms with Crippen molar-refractivity contribution >= 4 is 0 Å². The molecule has 1 aliphatic carbocycles. The highest BCUT2D eigenvalue weighted by Gasteiger charge is 2.36. The molecule has 1 saturated carbocycles. The summed E-state index contributed by atoms with van der Waals surface area (Å²) in [6.45, 7) is 8.25. The van der Waals surface area contributed by atoms with Crippen molar-refractivity contribution in [2.24, 2.45) is 0 Å². The molecule has 0 atom stereocenters. The van der Waals surface area contributed by atoms with Gasteiger partial charge in [-0.15, -0.1) is 0 Å². The smallest absolute Gasteiger partial charge is 0.260 e. The molecule has 2 fully saturated rings. The molecule has 0 aromatic rings. The lowest BCUT2D eigenvalue weighted by molar-refractivity contribution is -0.148. The van der Waals surface area contributed by atoms with E-state index in [9.17, 15) is 8.78 Å². The third-order valence-corrected chi connectivity index (χ3v) is 4.93. The van der Waals surface area contributed by atoms with Crippen LogP contribution < -0.4 is 0 Å². The first-order chi connectivity index (χ1) is 11.9. The van der Waals surface area contributed by atoms with Gasteiger partial charge in [-0.25, -0.2) is 8.78 Å². The summed E-state index contributed by atoms with van der Waals surface area (Å²) in [7, 11) is 0. The van der Waals surface area contributed by atoms with Gasteiger partial charge in [0, 0.05) is 32.7 Å². The van der Waals surface area contributed by atoms with Crippen LogP contribution in [0.1, 0.15) is 59.3 Å². The highest BCUT2D eigenvalue weighted by molar-refractivity contribution is 4.85. The van der Waals surface area contributed by atoms with Gasteiger partial charge in [-0.3, -0.25) is 4.90 Å². The van der Waals surface area contributed by atoms with Crippen molar-refractivity contribution in [3.63, 3.8) is 0 Å². The van der Waals surface area contributed by atoms with Gasteiger partial charge < -0.3 is 14.2 Å². The van der Waals surface area contributed by atoms with Gasteiger partial charge in [0.05, 0.1) is 31.0 Å². The summed E-state index contributed by atoms with van der Waals surface area (Å²) in [6.07, 6.45) is 5.07. The van der Waals surface area contributed by atoms with E-state index in [1.807, 2.05) is 11.8 Å². The molecular formula is C19H35F2NO3. The minimum atomic E-state index is -2.62. The van der Waals surface area contributed by atoms with Crippen LogP contribution in [0.15, 0.2) is 0 Å². The second-order valence-electron chi connectivity index (χ2n) is 7.67. The monoisotopic (exact) mass is 363 g/mol. The van der Waals surface area contributed by atoms with Crippen molar-refractivity contribution in [1.29, 1.82) is 0 Å². The molecule has 4 nitrogen and oxygen atoms in total. The van der Waals surface area contributed by atoms with E-state index in [2.05, 4.69) is 13.8 Å². The van der Waals surface area contributed by atoms with Crippen LogP contribution in [-0.4, -0.2) is 68.1 Å². The maximum Gasteiger partial charge on any atom is 0.260 e. The lowest BCUT2D eigenvalue weighted by Crippen LogP contribution is -2.46. The van der Waals surface area contributed by atoms with Crippen molar-refractivity contribution in [3.8, 4) is 0 Å². The zero-order valence-corrected chi connectivity index (χ0v) is 16.0. The average molecular weight is 363 g/mol. The summed E-state index contributed by atoms with van der Waals surface area (Å²) in [5.74, 6) is -2.62. The molecule has 1 heterocycles. The van der Waals surface area contributed by atoms with Crippen LogP contribution in [0.5, 0.6) is 0 Å². The molecule has 0 aromatic heterocycles. The normalized spacial score (nSPS) is 26.2. The predicted octanol–water partition coefficient (Wildman–Crippen LogP) is 3.88. The number of hydrogen-bond donors (Lipinski definition) is 0. The van der Waals surface area contributed by atoms with E-state index in [-0.39, 0.29) is 25.2 Å². The van der Waals surface area contributed by atoms with Crippen molar-refractivity contribution < 1.29 is 23.0 Å². The Kier molecular flexibility index (Phi) is 8.52. The van der Waals surface area contributed by atoms with E-state index in [1.54, 1.807) is 0 Å². The van der Waals surface area contributed by atoms with E-state index >= 15 is 0 Å². The number of piperidine rings is 1. The number of alkyl halides is 2. The van der Waals surface area contributed by atoms with Crippen LogP contribution >= 0.6 is 0 Å². The maximum atomic E-state index is 14.0. The van der Waals surface area contributed by atoms with Crippen LogP contribution in [0, 0.1) is 0 Å². The van der Waals surface area contributed by atoms with Crippen LogP contribution in [0.3, 0.4) is 0 Å². The number of halogens is 2. The van der Waals surface area contributed by atoms with Crippen LogP contribution in [0.25, 0.3) is 0 Å². The topological polar surface area (TPSA) is 30.9 Å². The van der Waals surface area contributed by atoms with Gasteiger partial charge in [0.25, 0.3) is 5.92 Å². The minimum absolute atomic E-state index is 0.0945. The van der Waals surface area contributed by atoms with Gasteiger partial charge in [0.1, 0.15) is 0 Å². The first kappa shape index (κ1) is 21.0. The van der Waals surface area contributed by atoms with E-state index < -0.39 is 5.92 Å². The Bertz CT molecular complexity index is 368. The van der Waals surface area contributed by atoms with Gasteiger partial charge in [0.2, 0.25) is 0 Å². The molecule has 1 saturated heterocycles. The van der Waals surface area contributed by atoms with E-state index in [0.717, 1.165) is 25.7 Å². The summed E-state index contributed by atoms with van der Waals surface area (Å²) in [5, 5.41) is 0. The summed E-state index contributed by atoms with van der Waals surface area (Å²) in [5.41, 5.74) is 0. The maximum absolute atomic E-state index is 14.0. The molecule has 25 heavy (non-hydrogen) atoms. The Balaban J connectivity index is 1.57. The van der Waals surface area contributed by atoms with Crippen LogP contribution in [0.2, 0.25) is 0 Å². The number of rotatable bonds is 11. The largest absolute Gasteiger partial charge is 0.382 e. The first-order valence-electron chi connectivity index (χ1n) is 9.87. The molecule has 0 radical (unpaired) electrons. The molecule has 0 unspecified atom stereocenters. The molecule has 2 aliphatic rings. The third-order valence-electron chi connectivity index (χ3n) is 4.93. The fourth-order valence-corrected chi connectivity index (χ4v) is 3.58. The standard InChI is InChI=1S/C19H35F2NO3/c1-4-23-11-5-8-19(20,21)14-22-9-6-16(7-10-22)25-18-12-17(13-18)24-15(2)3/h15-18H,4-14H2,1-3H3. The predicted molar refractivity (Wildman–Crippen MR) is 94.3 cm³/mol. The molecule has 148 valence electrons. The van der Waals surface area contributed by atoms with Crippen molar-refractivity contribution in [3.05, 3.63) is 0 Å². The number of nitrogens with zero attached hydrogens (tertiary/aromatic N) is 1. The fourth-order valence-electron chi connectivity index (χ4n) is 3.58. The minimum Gasteiger partial charge on any atom is -0.382 e. The first-order valence-corrected chi connectivity index (χ1v) is 9.87. The second kappa shape index (κ2) is 10.1. The third kappa shape index (κ3) is 7.85. The molecular weight excluding hydrogens is 328 g/mol. The van der Waals surface area contributed by atoms with Gasteiger partial charge in [0.15, 0.2) is 0 Å². The molecule has 0 bridgehead atoms. The number of hydrogen-bond acceptors (Lipinski definition) is 4. The molecule has 2 rings (SSSR count). The van der Waals surface area contributed by atoms with E-state index in [1.165, 1.54) is 0 Å². The highest BCUT2D eigenvalue weighted by atomic mass is 19.3. The molecule has 6 heteroatoms. The van der Waals surface area contributed by atoms with E-state index in [0.29, 0.717) is 44.9 Å². The molecule has 0 spiro atoms. The summed E-state index contributed by atoms with van der Waals surface area (Å²) < 4.78 is 45.0. The molecule has 1 aliphatic heterocycles. The Morgan fingerprint density at radius 3 is 2.36 bits per heavy atom. The van der Waals surface area contributed by atoms with Crippen LogP contribution in [0.4, 0.5) is 8.78 Å². The Labute approximate surface area is 151 Å². The second-order valence-corrected chi connectivity index (χ2v) is 7.67. The average Bonchev–Trinajstić information content (AvgIpc) is 2.50. The molecule has 0 amide bonds. The SMILES string of the molecule is CCOCCCC(F)(F)CN1CCC(OC2CC(OC(C)C)C2)CC1. The lowest BCUT2D eigenvalue weighted by atomic mass is 9.91. The van der Waals surface area contributed by atoms with Crippen molar-refractivity contribution in [2.45, 2.75) is 89.6 Å². The summed E-state index contributed by atoms with van der Waals surface area (Å²) in [6, 6.07) is 0. The molecule has 0 aromatic carbocycles. The van der Waals surface area contributed by atoms with Gasteiger partial charge >= 0.3 is 0 Å². The Morgan fingerprint density at radius 2 is 1.76 bits per heavy atom. The zero-order chi connectivity index (χ0) is 18.3. The quantitative estimate of drug-likeness (QED) is 0.521. The lowest BCUT2D eigenvalue weighted by Gasteiger charge is -2.40. The molecule has 0 N–H and O–H groups in total. The Hall–Kier alpha value is -0.300. The van der Waals surface area contributed by atoms with Gasteiger partial charge in [-0.05, 0) is 52.9 Å².